The first-order chi connectivity index (χ1) is 30.7. The molecule has 1 unspecified atom stereocenters. The molecule has 0 radical (unpaired) electrons. The second-order valence-electron chi connectivity index (χ2n) is 16.4. The summed E-state index contributed by atoms with van der Waals surface area (Å²) in [6, 6.07) is 30.3. The Morgan fingerprint density at radius 2 is 1.70 bits per heavy atom. The van der Waals surface area contributed by atoms with E-state index in [1.807, 2.05) is 23.1 Å². The Morgan fingerprint density at radius 1 is 0.873 bits per heavy atom. The molecule has 1 aliphatic carbocycles. The van der Waals surface area contributed by atoms with E-state index >= 15 is 0 Å². The number of rotatable bonds is 12. The zero-order valence-corrected chi connectivity index (χ0v) is 35.3. The number of fused-ring (bicyclic) bond motifs is 2. The van der Waals surface area contributed by atoms with Crippen LogP contribution in [0.1, 0.15) is 65.5 Å². The zero-order chi connectivity index (χ0) is 43.1. The Kier molecular flexibility index (Phi) is 10.9. The van der Waals surface area contributed by atoms with E-state index in [4.69, 9.17) is 19.2 Å². The molecule has 3 aliphatic heterocycles. The van der Waals surface area contributed by atoms with Crippen molar-refractivity contribution in [1.29, 1.82) is 0 Å². The fourth-order valence-electron chi connectivity index (χ4n) is 9.06. The monoisotopic (exact) mass is 869 g/mol. The lowest BCUT2D eigenvalue weighted by molar-refractivity contribution is -0.384. The van der Waals surface area contributed by atoms with Gasteiger partial charge in [0.25, 0.3) is 21.6 Å². The Hall–Kier alpha value is -6.49. The van der Waals surface area contributed by atoms with Crippen molar-refractivity contribution in [3.8, 4) is 17.0 Å². The van der Waals surface area contributed by atoms with E-state index in [1.54, 1.807) is 18.3 Å². The van der Waals surface area contributed by atoms with Gasteiger partial charge in [0.1, 0.15) is 17.0 Å². The zero-order valence-electron chi connectivity index (χ0n) is 34.5. The standard InChI is InChI=1S/C47H47N7O8S/c55-46(51-63(58,59)36-15-17-40(43(27-36)54(56)57)49-28-35-29-60-23-24-61-35)39-16-12-32(25-42(39)53-21-4-22-62-47-44(53)26-33-18-19-48-45(33)50-47)30-10-13-34(14-11-30)52-20-3-7-41(52)38-6-2-1-5-37(38)31-8-9-31/h1-2,5-6,10-19,25-27,31,35,41,49H,3-4,7-9,20-24,28-29H2,(H,48,50)(H,51,55)/t35-,41?/m0/s1. The maximum absolute atomic E-state index is 14.3. The molecule has 15 nitrogen and oxygen atoms in total. The summed E-state index contributed by atoms with van der Waals surface area (Å²) in [7, 11) is -4.60. The average molecular weight is 870 g/mol. The first-order valence-corrected chi connectivity index (χ1v) is 23.0. The second kappa shape index (κ2) is 17.0. The molecule has 4 aliphatic rings. The molecule has 2 aromatic heterocycles. The Labute approximate surface area is 364 Å². The number of nitrogens with one attached hydrogen (secondary N) is 3. The normalized spacial score (nSPS) is 19.0. The van der Waals surface area contributed by atoms with Gasteiger partial charge in [-0.3, -0.25) is 14.9 Å². The van der Waals surface area contributed by atoms with E-state index in [0.717, 1.165) is 47.7 Å². The molecule has 6 aromatic rings. The molecule has 3 fully saturated rings. The number of aromatic amines is 1. The highest BCUT2D eigenvalue weighted by atomic mass is 32.2. The van der Waals surface area contributed by atoms with Gasteiger partial charge in [-0.1, -0.05) is 42.5 Å². The predicted octanol–water partition coefficient (Wildman–Crippen LogP) is 8.22. The highest BCUT2D eigenvalue weighted by Crippen LogP contribution is 2.47. The molecule has 63 heavy (non-hydrogen) atoms. The largest absolute Gasteiger partial charge is 0.476 e. The highest BCUT2D eigenvalue weighted by molar-refractivity contribution is 7.90. The number of sulfonamides is 1. The van der Waals surface area contributed by atoms with Gasteiger partial charge in [-0.25, -0.2) is 13.1 Å². The summed E-state index contributed by atoms with van der Waals surface area (Å²) in [5.41, 5.74) is 7.23. The third kappa shape index (κ3) is 8.28. The van der Waals surface area contributed by atoms with Crippen LogP contribution in [0, 0.1) is 10.1 Å². The molecule has 1 saturated carbocycles. The van der Waals surface area contributed by atoms with Gasteiger partial charge in [-0.2, -0.15) is 4.98 Å². The lowest BCUT2D eigenvalue weighted by atomic mass is 9.95. The Morgan fingerprint density at radius 3 is 2.49 bits per heavy atom. The number of amides is 1. The van der Waals surface area contributed by atoms with Crippen LogP contribution in [0.15, 0.2) is 108 Å². The SMILES string of the molecule is O=C(NS(=O)(=O)c1ccc(NC[C@H]2COCCO2)c([N+](=O)[O-])c1)c1ccc(-c2ccc(N3CCCC3c3ccccc3C3CC3)cc2)cc1N1CCCOc2nc3[nH]ccc3cc21. The van der Waals surface area contributed by atoms with Gasteiger partial charge in [0.05, 0.1) is 59.6 Å². The number of aromatic nitrogens is 2. The number of ether oxygens (including phenoxy) is 3. The van der Waals surface area contributed by atoms with E-state index in [9.17, 15) is 23.3 Å². The first kappa shape index (κ1) is 40.6. The summed E-state index contributed by atoms with van der Waals surface area (Å²) in [6.45, 7) is 3.22. The molecule has 3 N–H and O–H groups in total. The van der Waals surface area contributed by atoms with Crippen LogP contribution in [0.4, 0.5) is 28.4 Å². The lowest BCUT2D eigenvalue weighted by Crippen LogP contribution is -2.34. The van der Waals surface area contributed by atoms with Gasteiger partial charge in [-0.05, 0) is 109 Å². The molecule has 1 amide bonds. The molecule has 10 rings (SSSR count). The molecular weight excluding hydrogens is 823 g/mol. The van der Waals surface area contributed by atoms with Crippen LogP contribution >= 0.6 is 0 Å². The van der Waals surface area contributed by atoms with Crippen LogP contribution in [-0.4, -0.2) is 81.4 Å². The van der Waals surface area contributed by atoms with E-state index in [1.165, 1.54) is 36.1 Å². The third-order valence-corrected chi connectivity index (χ3v) is 13.7. The number of pyridine rings is 1. The van der Waals surface area contributed by atoms with Crippen molar-refractivity contribution in [3.05, 3.63) is 130 Å². The maximum Gasteiger partial charge on any atom is 0.293 e. The highest BCUT2D eigenvalue weighted by Gasteiger charge is 2.33. The number of H-pyrrole nitrogens is 1. The number of benzene rings is 4. The van der Waals surface area contributed by atoms with E-state index in [-0.39, 0.29) is 23.9 Å². The Bertz CT molecular complexity index is 2800. The van der Waals surface area contributed by atoms with E-state index in [0.29, 0.717) is 74.3 Å². The van der Waals surface area contributed by atoms with Gasteiger partial charge >= 0.3 is 0 Å². The number of nitro benzene ring substituents is 1. The van der Waals surface area contributed by atoms with Crippen molar-refractivity contribution in [2.24, 2.45) is 0 Å². The quantitative estimate of drug-likeness (QED) is 0.0793. The van der Waals surface area contributed by atoms with Crippen LogP contribution < -0.4 is 24.6 Å². The van der Waals surface area contributed by atoms with Crippen molar-refractivity contribution >= 4 is 55.4 Å². The minimum Gasteiger partial charge on any atom is -0.476 e. The second-order valence-corrected chi connectivity index (χ2v) is 18.1. The van der Waals surface area contributed by atoms with Crippen LogP contribution in [-0.2, 0) is 19.5 Å². The van der Waals surface area contributed by atoms with Gasteiger partial charge in [0.15, 0.2) is 0 Å². The summed E-state index contributed by atoms with van der Waals surface area (Å²) in [5.74, 6) is 0.139. The molecule has 0 spiro atoms. The van der Waals surface area contributed by atoms with Crippen molar-refractivity contribution in [1.82, 2.24) is 14.7 Å². The van der Waals surface area contributed by atoms with Crippen molar-refractivity contribution in [2.75, 3.05) is 61.2 Å². The van der Waals surface area contributed by atoms with Crippen LogP contribution in [0.5, 0.6) is 5.88 Å². The fraction of sp³-hybridized carbons (Fsp3) is 0.319. The summed E-state index contributed by atoms with van der Waals surface area (Å²) < 4.78 is 47.1. The van der Waals surface area contributed by atoms with Gasteiger partial charge in [0.2, 0.25) is 5.88 Å². The first-order valence-electron chi connectivity index (χ1n) is 21.5. The average Bonchev–Trinajstić information content (AvgIpc) is 3.92. The van der Waals surface area contributed by atoms with E-state index < -0.39 is 31.4 Å². The molecular formula is C47H47N7O8S. The number of carbonyl (C=O) groups is 1. The predicted molar refractivity (Wildman–Crippen MR) is 240 cm³/mol. The van der Waals surface area contributed by atoms with Gasteiger partial charge in [-0.15, -0.1) is 0 Å². The summed E-state index contributed by atoms with van der Waals surface area (Å²) >= 11 is 0. The summed E-state index contributed by atoms with van der Waals surface area (Å²) in [5, 5.41) is 16.0. The molecule has 2 atom stereocenters. The molecule has 5 heterocycles. The number of hydrogen-bond acceptors (Lipinski definition) is 12. The van der Waals surface area contributed by atoms with Crippen molar-refractivity contribution < 1.29 is 32.3 Å². The number of anilines is 4. The third-order valence-electron chi connectivity index (χ3n) is 12.3. The van der Waals surface area contributed by atoms with Crippen LogP contribution in [0.2, 0.25) is 0 Å². The minimum atomic E-state index is -4.60. The molecule has 4 aromatic carbocycles. The maximum atomic E-state index is 14.3. The molecule has 324 valence electrons. The Balaban J connectivity index is 0.971. The number of hydrogen-bond donors (Lipinski definition) is 3. The van der Waals surface area contributed by atoms with Crippen LogP contribution in [0.3, 0.4) is 0 Å². The number of nitro groups is 1. The fourth-order valence-corrected chi connectivity index (χ4v) is 10.0. The number of nitrogens with zero attached hydrogens (tertiary/aromatic N) is 4. The number of carbonyl (C=O) groups excluding carboxylic acids is 1. The van der Waals surface area contributed by atoms with Gasteiger partial charge < -0.3 is 34.3 Å². The minimum absolute atomic E-state index is 0.0812. The molecule has 0 bridgehead atoms. The molecule has 16 heteroatoms. The summed E-state index contributed by atoms with van der Waals surface area (Å²) in [4.78, 5) is 37.7. The topological polar surface area (TPSA) is 181 Å². The smallest absolute Gasteiger partial charge is 0.293 e. The van der Waals surface area contributed by atoms with Crippen LogP contribution in [0.25, 0.3) is 22.2 Å². The summed E-state index contributed by atoms with van der Waals surface area (Å²) in [6.07, 6.45) is 6.78. The van der Waals surface area contributed by atoms with Crippen molar-refractivity contribution in [2.45, 2.75) is 55.1 Å². The van der Waals surface area contributed by atoms with Gasteiger partial charge in [0, 0.05) is 43.0 Å². The molecule has 2 saturated heterocycles. The van der Waals surface area contributed by atoms with E-state index in [2.05, 4.69) is 68.5 Å². The lowest BCUT2D eigenvalue weighted by Gasteiger charge is -2.29. The van der Waals surface area contributed by atoms with Crippen molar-refractivity contribution in [3.63, 3.8) is 0 Å².